The summed E-state index contributed by atoms with van der Waals surface area (Å²) in [6, 6.07) is 5.47. The molecule has 1 amide bonds. The van der Waals surface area contributed by atoms with E-state index in [1.54, 1.807) is 6.92 Å². The molecule has 0 aliphatic heterocycles. The molecule has 21 heavy (non-hydrogen) atoms. The van der Waals surface area contributed by atoms with Gasteiger partial charge in [0.1, 0.15) is 5.52 Å². The fraction of sp³-hybridized carbons (Fsp3) is 0.500. The van der Waals surface area contributed by atoms with E-state index in [0.717, 1.165) is 23.2 Å². The number of amides is 1. The predicted octanol–water partition coefficient (Wildman–Crippen LogP) is 3.09. The van der Waals surface area contributed by atoms with Crippen molar-refractivity contribution in [1.29, 1.82) is 0 Å². The second-order valence-electron chi connectivity index (χ2n) is 5.90. The van der Waals surface area contributed by atoms with Gasteiger partial charge in [-0.15, -0.1) is 0 Å². The minimum atomic E-state index is -0.00864. The molecule has 0 aliphatic rings. The van der Waals surface area contributed by atoms with Crippen LogP contribution in [0.2, 0.25) is 0 Å². The normalized spacial score (nSPS) is 12.8. The molecule has 2 rings (SSSR count). The number of hydrogen-bond donors (Lipinski definition) is 2. The van der Waals surface area contributed by atoms with Gasteiger partial charge in [-0.05, 0) is 43.0 Å². The number of fused-ring (bicyclic) bond motifs is 1. The molecular weight excluding hydrogens is 266 g/mol. The predicted molar refractivity (Wildman–Crippen MR) is 84.0 cm³/mol. The smallest absolute Gasteiger partial charge is 0.224 e. The van der Waals surface area contributed by atoms with Gasteiger partial charge in [0, 0.05) is 19.0 Å². The molecule has 0 aliphatic carbocycles. The summed E-state index contributed by atoms with van der Waals surface area (Å²) < 4.78 is 5.41. The number of aromatic nitrogens is 1. The number of oxazole rings is 1. The van der Waals surface area contributed by atoms with Gasteiger partial charge in [-0.2, -0.15) is 0 Å². The number of anilines is 1. The van der Waals surface area contributed by atoms with Gasteiger partial charge >= 0.3 is 0 Å². The summed E-state index contributed by atoms with van der Waals surface area (Å²) in [7, 11) is 0. The molecule has 0 saturated carbocycles. The van der Waals surface area contributed by atoms with E-state index in [4.69, 9.17) is 10.2 Å². The van der Waals surface area contributed by atoms with E-state index in [-0.39, 0.29) is 11.8 Å². The Labute approximate surface area is 124 Å². The zero-order chi connectivity index (χ0) is 15.4. The maximum atomic E-state index is 12.1. The molecule has 2 aromatic rings. The van der Waals surface area contributed by atoms with Crippen LogP contribution < -0.4 is 11.1 Å². The number of nitrogens with zero attached hydrogens (tertiary/aromatic N) is 1. The van der Waals surface area contributed by atoms with Gasteiger partial charge in [0.15, 0.2) is 11.5 Å². The number of carbonyl (C=O) groups excluding carboxylic acids is 1. The summed E-state index contributed by atoms with van der Waals surface area (Å²) in [6.45, 7) is 6.62. The van der Waals surface area contributed by atoms with E-state index >= 15 is 0 Å². The van der Waals surface area contributed by atoms with Crippen LogP contribution in [0.4, 0.5) is 5.69 Å². The summed E-state index contributed by atoms with van der Waals surface area (Å²) in [6.07, 6.45) is 1.41. The summed E-state index contributed by atoms with van der Waals surface area (Å²) in [5.41, 5.74) is 7.95. The Morgan fingerprint density at radius 3 is 2.86 bits per heavy atom. The van der Waals surface area contributed by atoms with Crippen molar-refractivity contribution < 1.29 is 9.21 Å². The summed E-state index contributed by atoms with van der Waals surface area (Å²) in [4.78, 5) is 16.4. The van der Waals surface area contributed by atoms with Crippen LogP contribution in [0.15, 0.2) is 22.6 Å². The number of nitrogens with one attached hydrogen (secondary N) is 1. The van der Waals surface area contributed by atoms with Crippen molar-refractivity contribution in [3.63, 3.8) is 0 Å². The van der Waals surface area contributed by atoms with Crippen molar-refractivity contribution in [1.82, 2.24) is 4.98 Å². The lowest BCUT2D eigenvalue weighted by Crippen LogP contribution is -2.23. The fourth-order valence-corrected chi connectivity index (χ4v) is 2.52. The molecule has 1 atom stereocenters. The number of hydrogen-bond acceptors (Lipinski definition) is 4. The number of benzene rings is 1. The molecule has 0 radical (unpaired) electrons. The number of rotatable bonds is 6. The lowest BCUT2D eigenvalue weighted by molar-refractivity contribution is -0.117. The third-order valence-corrected chi connectivity index (χ3v) is 3.39. The largest absolute Gasteiger partial charge is 0.441 e. The third kappa shape index (κ3) is 4.29. The number of nitrogens with two attached hydrogens (primary N) is 1. The summed E-state index contributed by atoms with van der Waals surface area (Å²) in [5, 5.41) is 2.91. The van der Waals surface area contributed by atoms with Gasteiger partial charge in [0.25, 0.3) is 0 Å². The highest BCUT2D eigenvalue weighted by Crippen LogP contribution is 2.21. The molecule has 0 fully saturated rings. The van der Waals surface area contributed by atoms with Crippen LogP contribution in [-0.2, 0) is 4.79 Å². The Morgan fingerprint density at radius 1 is 1.43 bits per heavy atom. The van der Waals surface area contributed by atoms with E-state index in [1.165, 1.54) is 0 Å². The second kappa shape index (κ2) is 6.72. The number of carbonyl (C=O) groups is 1. The van der Waals surface area contributed by atoms with Crippen LogP contribution in [0.25, 0.3) is 11.1 Å². The van der Waals surface area contributed by atoms with Gasteiger partial charge in [-0.1, -0.05) is 13.8 Å². The van der Waals surface area contributed by atoms with E-state index in [2.05, 4.69) is 24.1 Å². The molecule has 0 saturated heterocycles. The first-order chi connectivity index (χ1) is 9.97. The van der Waals surface area contributed by atoms with Crippen LogP contribution in [0.1, 0.15) is 32.6 Å². The highest BCUT2D eigenvalue weighted by Gasteiger charge is 2.14. The first kappa shape index (κ1) is 15.5. The Bertz CT molecular complexity index is 619. The van der Waals surface area contributed by atoms with Crippen molar-refractivity contribution >= 4 is 22.7 Å². The Morgan fingerprint density at radius 2 is 2.19 bits per heavy atom. The minimum Gasteiger partial charge on any atom is -0.441 e. The lowest BCUT2D eigenvalue weighted by atomic mass is 9.94. The van der Waals surface area contributed by atoms with E-state index in [0.29, 0.717) is 24.8 Å². The van der Waals surface area contributed by atoms with Gasteiger partial charge in [0.2, 0.25) is 5.91 Å². The highest BCUT2D eigenvalue weighted by atomic mass is 16.3. The Hall–Kier alpha value is -1.88. The molecule has 114 valence electrons. The summed E-state index contributed by atoms with van der Waals surface area (Å²) >= 11 is 0. The highest BCUT2D eigenvalue weighted by molar-refractivity contribution is 5.92. The second-order valence-corrected chi connectivity index (χ2v) is 5.90. The van der Waals surface area contributed by atoms with Gasteiger partial charge in [0.05, 0.1) is 0 Å². The van der Waals surface area contributed by atoms with Gasteiger partial charge in [-0.3, -0.25) is 4.79 Å². The van der Waals surface area contributed by atoms with Gasteiger partial charge < -0.3 is 15.5 Å². The van der Waals surface area contributed by atoms with E-state index < -0.39 is 0 Å². The molecule has 5 heteroatoms. The van der Waals surface area contributed by atoms with Crippen molar-refractivity contribution in [3.8, 4) is 0 Å². The molecule has 0 spiro atoms. The van der Waals surface area contributed by atoms with Crippen LogP contribution in [0.5, 0.6) is 0 Å². The molecule has 1 heterocycles. The van der Waals surface area contributed by atoms with Crippen molar-refractivity contribution in [2.45, 2.75) is 33.6 Å². The Balaban J connectivity index is 2.00. The maximum absolute atomic E-state index is 12.1. The topological polar surface area (TPSA) is 81.2 Å². The third-order valence-electron chi connectivity index (χ3n) is 3.39. The monoisotopic (exact) mass is 289 g/mol. The molecule has 0 bridgehead atoms. The van der Waals surface area contributed by atoms with E-state index in [9.17, 15) is 4.79 Å². The van der Waals surface area contributed by atoms with Crippen molar-refractivity contribution in [3.05, 3.63) is 24.1 Å². The van der Waals surface area contributed by atoms with E-state index in [1.807, 2.05) is 18.2 Å². The fourth-order valence-electron chi connectivity index (χ4n) is 2.52. The molecule has 3 N–H and O–H groups in total. The number of aryl methyl sites for hydroxylation is 1. The summed E-state index contributed by atoms with van der Waals surface area (Å²) in [5.74, 6) is 1.38. The average Bonchev–Trinajstić information content (AvgIpc) is 2.76. The molecule has 0 unspecified atom stereocenters. The van der Waals surface area contributed by atoms with Crippen LogP contribution in [0.3, 0.4) is 0 Å². The lowest BCUT2D eigenvalue weighted by Gasteiger charge is -2.16. The molecule has 5 nitrogen and oxygen atoms in total. The first-order valence-electron chi connectivity index (χ1n) is 7.35. The zero-order valence-electron chi connectivity index (χ0n) is 12.8. The SMILES string of the molecule is Cc1nc2cc(NC(=O)C[C@@H](CN)CC(C)C)ccc2o1. The van der Waals surface area contributed by atoms with Crippen molar-refractivity contribution in [2.75, 3.05) is 11.9 Å². The Kier molecular flexibility index (Phi) is 4.96. The van der Waals surface area contributed by atoms with Crippen LogP contribution >= 0.6 is 0 Å². The van der Waals surface area contributed by atoms with Crippen molar-refractivity contribution in [2.24, 2.45) is 17.6 Å². The maximum Gasteiger partial charge on any atom is 0.224 e. The zero-order valence-corrected chi connectivity index (χ0v) is 12.8. The molecular formula is C16H23N3O2. The van der Waals surface area contributed by atoms with Gasteiger partial charge in [-0.25, -0.2) is 4.98 Å². The molecule has 1 aromatic heterocycles. The van der Waals surface area contributed by atoms with Crippen LogP contribution in [-0.4, -0.2) is 17.4 Å². The first-order valence-corrected chi connectivity index (χ1v) is 7.35. The minimum absolute atomic E-state index is 0.00864. The average molecular weight is 289 g/mol. The van der Waals surface area contributed by atoms with Crippen LogP contribution in [0, 0.1) is 18.8 Å². The molecule has 1 aromatic carbocycles. The standard InChI is InChI=1S/C16H23N3O2/c1-10(2)6-12(9-17)7-16(20)19-13-4-5-15-14(8-13)18-11(3)21-15/h4-5,8,10,12H,6-7,9,17H2,1-3H3,(H,19,20)/t12-/m0/s1. The quantitative estimate of drug-likeness (QED) is 0.856.